The average molecular weight is 298 g/mol. The highest BCUT2D eigenvalue weighted by atomic mass is 79.9. The van der Waals surface area contributed by atoms with Crippen molar-refractivity contribution >= 4 is 21.7 Å². The maximum atomic E-state index is 4.55. The number of hydrogen-bond donors (Lipinski definition) is 1. The van der Waals surface area contributed by atoms with Gasteiger partial charge in [0.2, 0.25) is 0 Å². The van der Waals surface area contributed by atoms with Crippen LogP contribution in [0.1, 0.15) is 25.3 Å². The number of aryl methyl sites for hydroxylation is 1. The predicted molar refractivity (Wildman–Crippen MR) is 75.6 cm³/mol. The molecular formula is C13H20BrN3. The zero-order valence-corrected chi connectivity index (χ0v) is 12.1. The van der Waals surface area contributed by atoms with Crippen molar-refractivity contribution in [2.45, 2.75) is 32.7 Å². The summed E-state index contributed by atoms with van der Waals surface area (Å²) >= 11 is 3.51. The first kappa shape index (κ1) is 12.8. The van der Waals surface area contributed by atoms with E-state index in [2.05, 4.69) is 51.0 Å². The number of hydrogen-bond acceptors (Lipinski definition) is 3. The molecule has 1 saturated heterocycles. The quantitative estimate of drug-likeness (QED) is 0.926. The van der Waals surface area contributed by atoms with Crippen molar-refractivity contribution < 1.29 is 0 Å². The normalized spacial score (nSPS) is 19.6. The van der Waals surface area contributed by atoms with Gasteiger partial charge in [0.25, 0.3) is 0 Å². The molecule has 0 bridgehead atoms. The Labute approximate surface area is 112 Å². The molecule has 1 fully saturated rings. The summed E-state index contributed by atoms with van der Waals surface area (Å²) in [4.78, 5) is 7.00. The van der Waals surface area contributed by atoms with Gasteiger partial charge in [-0.15, -0.1) is 0 Å². The van der Waals surface area contributed by atoms with Crippen molar-refractivity contribution in [2.75, 3.05) is 24.5 Å². The lowest BCUT2D eigenvalue weighted by Crippen LogP contribution is -2.38. The summed E-state index contributed by atoms with van der Waals surface area (Å²) in [5.41, 5.74) is 1.25. The van der Waals surface area contributed by atoms with Crippen LogP contribution < -0.4 is 10.2 Å². The Morgan fingerprint density at radius 1 is 1.59 bits per heavy atom. The molecule has 1 aromatic rings. The maximum Gasteiger partial charge on any atom is 0.129 e. The number of pyridine rings is 1. The zero-order valence-electron chi connectivity index (χ0n) is 10.5. The molecule has 17 heavy (non-hydrogen) atoms. The Kier molecular flexibility index (Phi) is 4.40. The van der Waals surface area contributed by atoms with E-state index < -0.39 is 0 Å². The molecule has 0 radical (unpaired) electrons. The van der Waals surface area contributed by atoms with Crippen molar-refractivity contribution in [3.05, 3.63) is 22.3 Å². The van der Waals surface area contributed by atoms with Crippen LogP contribution in [-0.4, -0.2) is 30.7 Å². The van der Waals surface area contributed by atoms with E-state index in [4.69, 9.17) is 0 Å². The summed E-state index contributed by atoms with van der Waals surface area (Å²) < 4.78 is 1.09. The number of halogens is 1. The first-order valence-electron chi connectivity index (χ1n) is 6.32. The van der Waals surface area contributed by atoms with Gasteiger partial charge in [-0.1, -0.05) is 6.92 Å². The molecule has 3 nitrogen and oxygen atoms in total. The van der Waals surface area contributed by atoms with E-state index in [0.29, 0.717) is 6.04 Å². The highest BCUT2D eigenvalue weighted by Gasteiger charge is 2.22. The maximum absolute atomic E-state index is 4.55. The molecule has 1 aliphatic heterocycles. The molecule has 0 aliphatic carbocycles. The van der Waals surface area contributed by atoms with Crippen LogP contribution in [0, 0.1) is 6.92 Å². The topological polar surface area (TPSA) is 28.2 Å². The fraction of sp³-hybridized carbons (Fsp3) is 0.615. The monoisotopic (exact) mass is 297 g/mol. The number of anilines is 1. The molecule has 1 aromatic heterocycles. The van der Waals surface area contributed by atoms with E-state index in [9.17, 15) is 0 Å². The summed E-state index contributed by atoms with van der Waals surface area (Å²) in [7, 11) is 0. The van der Waals surface area contributed by atoms with Crippen LogP contribution in [-0.2, 0) is 0 Å². The standard InChI is InChI=1S/C13H20BrN3/c1-3-6-17(11-4-5-15-8-11)13-7-10(2)12(14)9-16-13/h7,9,11,15H,3-6,8H2,1-2H3. The van der Waals surface area contributed by atoms with Crippen molar-refractivity contribution in [3.8, 4) is 0 Å². The van der Waals surface area contributed by atoms with Gasteiger partial charge in [0, 0.05) is 29.8 Å². The van der Waals surface area contributed by atoms with E-state index in [1.54, 1.807) is 0 Å². The van der Waals surface area contributed by atoms with Gasteiger partial charge in [-0.05, 0) is 53.9 Å². The molecule has 2 rings (SSSR count). The molecule has 0 saturated carbocycles. The fourth-order valence-electron chi connectivity index (χ4n) is 2.31. The smallest absolute Gasteiger partial charge is 0.129 e. The summed E-state index contributed by atoms with van der Waals surface area (Å²) in [6.45, 7) is 7.63. The third-order valence-corrected chi connectivity index (χ3v) is 4.10. The highest BCUT2D eigenvalue weighted by molar-refractivity contribution is 9.10. The molecule has 0 aromatic carbocycles. The lowest BCUT2D eigenvalue weighted by atomic mass is 10.2. The van der Waals surface area contributed by atoms with Gasteiger partial charge in [0.05, 0.1) is 0 Å². The second-order valence-electron chi connectivity index (χ2n) is 4.63. The van der Waals surface area contributed by atoms with Crippen LogP contribution in [0.5, 0.6) is 0 Å². The molecule has 0 amide bonds. The van der Waals surface area contributed by atoms with Crippen LogP contribution in [0.2, 0.25) is 0 Å². The van der Waals surface area contributed by atoms with Crippen LogP contribution in [0.25, 0.3) is 0 Å². The lowest BCUT2D eigenvalue weighted by molar-refractivity contribution is 0.618. The lowest BCUT2D eigenvalue weighted by Gasteiger charge is -2.29. The zero-order chi connectivity index (χ0) is 12.3. The number of nitrogens with zero attached hydrogens (tertiary/aromatic N) is 2. The van der Waals surface area contributed by atoms with Crippen LogP contribution in [0.15, 0.2) is 16.7 Å². The second kappa shape index (κ2) is 5.83. The van der Waals surface area contributed by atoms with Gasteiger partial charge < -0.3 is 10.2 Å². The van der Waals surface area contributed by atoms with Crippen LogP contribution in [0.3, 0.4) is 0 Å². The summed E-state index contributed by atoms with van der Waals surface area (Å²) in [6, 6.07) is 2.78. The molecular weight excluding hydrogens is 278 g/mol. The van der Waals surface area contributed by atoms with E-state index in [1.165, 1.54) is 12.0 Å². The largest absolute Gasteiger partial charge is 0.352 e. The molecule has 1 atom stereocenters. The van der Waals surface area contributed by atoms with E-state index >= 15 is 0 Å². The molecule has 4 heteroatoms. The van der Waals surface area contributed by atoms with Crippen molar-refractivity contribution in [1.82, 2.24) is 10.3 Å². The molecule has 0 spiro atoms. The summed E-state index contributed by atoms with van der Waals surface area (Å²) in [5.74, 6) is 1.11. The third-order valence-electron chi connectivity index (χ3n) is 3.27. The van der Waals surface area contributed by atoms with E-state index in [-0.39, 0.29) is 0 Å². The van der Waals surface area contributed by atoms with Crippen molar-refractivity contribution in [3.63, 3.8) is 0 Å². The summed E-state index contributed by atoms with van der Waals surface area (Å²) in [6.07, 6.45) is 4.29. The Hall–Kier alpha value is -0.610. The molecule has 2 heterocycles. The minimum absolute atomic E-state index is 0.600. The van der Waals surface area contributed by atoms with E-state index in [0.717, 1.165) is 36.3 Å². The van der Waals surface area contributed by atoms with Gasteiger partial charge in [-0.2, -0.15) is 0 Å². The fourth-order valence-corrected chi connectivity index (χ4v) is 2.53. The van der Waals surface area contributed by atoms with Gasteiger partial charge in [0.15, 0.2) is 0 Å². The second-order valence-corrected chi connectivity index (χ2v) is 5.49. The minimum atomic E-state index is 0.600. The predicted octanol–water partition coefficient (Wildman–Crippen LogP) is 2.73. The Morgan fingerprint density at radius 3 is 3.00 bits per heavy atom. The molecule has 94 valence electrons. The average Bonchev–Trinajstić information content (AvgIpc) is 2.83. The SMILES string of the molecule is CCCN(c1cc(C)c(Br)cn1)C1CCNC1. The molecule has 1 unspecified atom stereocenters. The first-order chi connectivity index (χ1) is 8.22. The first-order valence-corrected chi connectivity index (χ1v) is 7.11. The highest BCUT2D eigenvalue weighted by Crippen LogP contribution is 2.23. The van der Waals surface area contributed by atoms with Gasteiger partial charge in [-0.3, -0.25) is 0 Å². The van der Waals surface area contributed by atoms with Crippen LogP contribution >= 0.6 is 15.9 Å². The van der Waals surface area contributed by atoms with Crippen LogP contribution in [0.4, 0.5) is 5.82 Å². The Morgan fingerprint density at radius 2 is 2.41 bits per heavy atom. The Balaban J connectivity index is 2.21. The molecule has 1 aliphatic rings. The minimum Gasteiger partial charge on any atom is -0.352 e. The number of rotatable bonds is 4. The van der Waals surface area contributed by atoms with Gasteiger partial charge >= 0.3 is 0 Å². The number of aromatic nitrogens is 1. The molecule has 1 N–H and O–H groups in total. The van der Waals surface area contributed by atoms with Crippen molar-refractivity contribution in [2.24, 2.45) is 0 Å². The Bertz CT molecular complexity index is 375. The van der Waals surface area contributed by atoms with Gasteiger partial charge in [-0.25, -0.2) is 4.98 Å². The van der Waals surface area contributed by atoms with E-state index in [1.807, 2.05) is 6.20 Å². The summed E-state index contributed by atoms with van der Waals surface area (Å²) in [5, 5.41) is 3.43. The van der Waals surface area contributed by atoms with Crippen molar-refractivity contribution in [1.29, 1.82) is 0 Å². The number of nitrogens with one attached hydrogen (secondary N) is 1. The van der Waals surface area contributed by atoms with Gasteiger partial charge in [0.1, 0.15) is 5.82 Å². The third kappa shape index (κ3) is 2.99.